The standard InChI is InChI=1S/C103H92N10O6/c1-75-73-109(102(116)107-100(75)114)69-19-3-5-21-71-118-95-65-45-81(46-66-95)35-32-78-39-51-84(52-40-78)98-104-97(105-99(106-98)85-53-41-79(42-54-85)33-36-82-47-67-96(68-48-82)119-72-22-6-4-20-70-110-74-76(2)101(115)108-103(110)117)83-49-37-77(38-50-83)31-34-80-43-55-90(56-44-80)113(93-61-57-91(58-62-93)111(86-23-11-7-12-24-86)87-25-13-8-14-26-87)94-63-59-92(60-64-94)112(88-27-15-9-16-28-88)89-29-17-10-18-30-89/h7-18,23-68,73-74H,3-6,19-22,69-72H2,1-2H3,(H,107,114,116)(H,108,115,117)/b34-31+,35-32+,36-33+. The summed E-state index contributed by atoms with van der Waals surface area (Å²) >= 11 is 0. The SMILES string of the molecule is Cc1cn(CCCCCCOc2ccc(/C=C/c3ccc(-c4nc(-c5ccc(/C=C/c6ccc(OCCCCCCn7cc(C)c(=O)[nH]c7=O)cc6)cc5)nc(-c5ccc(/C=C/c6ccc(N(c7ccc(N(c8ccccc8)c8ccccc8)cc7)c7ccc(N(c8ccccc8)c8ccccc8)cc7)cc6)cc5)n4)cc3)cc2)c(=O)[nH]c1=O. The van der Waals surface area contributed by atoms with E-state index < -0.39 is 0 Å². The Hall–Kier alpha value is -14.8. The first-order valence-electron chi connectivity index (χ1n) is 40.5. The van der Waals surface area contributed by atoms with Gasteiger partial charge >= 0.3 is 11.4 Å². The van der Waals surface area contributed by atoms with Crippen LogP contribution in [0.25, 0.3) is 70.6 Å². The number of unbranched alkanes of at least 4 members (excludes halogenated alkanes) is 6. The minimum absolute atomic E-state index is 0.339. The fraction of sp³-hybridized carbons (Fsp3) is 0.136. The molecule has 15 rings (SSSR count). The first-order valence-corrected chi connectivity index (χ1v) is 40.5. The Morgan fingerprint density at radius 2 is 0.504 bits per heavy atom. The summed E-state index contributed by atoms with van der Waals surface area (Å²) in [6, 6.07) is 109. The number of rotatable bonds is 34. The Bertz CT molecular complexity index is 5770. The molecule has 0 saturated heterocycles. The van der Waals surface area contributed by atoms with Gasteiger partial charge in [-0.3, -0.25) is 19.6 Å². The van der Waals surface area contributed by atoms with Crippen molar-refractivity contribution in [1.82, 2.24) is 34.1 Å². The highest BCUT2D eigenvalue weighted by molar-refractivity contribution is 5.85. The lowest BCUT2D eigenvalue weighted by Gasteiger charge is -2.29. The minimum atomic E-state index is -0.368. The second-order valence-electron chi connectivity index (χ2n) is 29.3. The summed E-state index contributed by atoms with van der Waals surface area (Å²) < 4.78 is 15.3. The maximum absolute atomic E-state index is 12.1. The van der Waals surface area contributed by atoms with Gasteiger partial charge in [0.1, 0.15) is 11.5 Å². The van der Waals surface area contributed by atoms with Gasteiger partial charge in [-0.15, -0.1) is 0 Å². The molecular formula is C103H92N10O6. The molecule has 3 heterocycles. The zero-order chi connectivity index (χ0) is 81.5. The van der Waals surface area contributed by atoms with E-state index in [-0.39, 0.29) is 22.5 Å². The van der Waals surface area contributed by atoms with Crippen LogP contribution < -0.4 is 46.7 Å². The third-order valence-corrected chi connectivity index (χ3v) is 20.8. The topological polar surface area (TPSA) is 177 Å². The molecule has 0 bridgehead atoms. The number of para-hydroxylation sites is 4. The maximum Gasteiger partial charge on any atom is 0.328 e. The summed E-state index contributed by atoms with van der Waals surface area (Å²) in [6.45, 7) is 5.74. The van der Waals surface area contributed by atoms with Gasteiger partial charge in [-0.05, 0) is 206 Å². The largest absolute Gasteiger partial charge is 0.494 e. The van der Waals surface area contributed by atoms with Crippen molar-refractivity contribution in [3.05, 3.63) is 414 Å². The molecule has 0 radical (unpaired) electrons. The van der Waals surface area contributed by atoms with Crippen molar-refractivity contribution in [3.8, 4) is 45.7 Å². The van der Waals surface area contributed by atoms with Crippen LogP contribution in [0.15, 0.2) is 347 Å². The quantitative estimate of drug-likeness (QED) is 0.0289. The van der Waals surface area contributed by atoms with Crippen molar-refractivity contribution in [2.45, 2.75) is 78.3 Å². The van der Waals surface area contributed by atoms with Crippen molar-refractivity contribution in [2.75, 3.05) is 27.9 Å². The van der Waals surface area contributed by atoms with Crippen molar-refractivity contribution >= 4 is 87.6 Å². The molecule has 16 heteroatoms. The van der Waals surface area contributed by atoms with Crippen molar-refractivity contribution in [3.63, 3.8) is 0 Å². The van der Waals surface area contributed by atoms with Gasteiger partial charge in [0.05, 0.1) is 13.2 Å². The van der Waals surface area contributed by atoms with Crippen LogP contribution in [0.4, 0.5) is 51.2 Å². The average Bonchev–Trinajstić information content (AvgIpc) is 0.830. The van der Waals surface area contributed by atoms with Gasteiger partial charge in [0.25, 0.3) is 11.1 Å². The monoisotopic (exact) mass is 1560 g/mol. The molecule has 0 unspecified atom stereocenters. The van der Waals surface area contributed by atoms with E-state index in [1.165, 1.54) is 0 Å². The fourth-order valence-corrected chi connectivity index (χ4v) is 14.2. The molecule has 0 aliphatic carbocycles. The van der Waals surface area contributed by atoms with Crippen LogP contribution in [-0.4, -0.2) is 47.3 Å². The fourth-order valence-electron chi connectivity index (χ4n) is 14.2. The molecule has 0 aliphatic heterocycles. The summed E-state index contributed by atoms with van der Waals surface area (Å²) in [5.74, 6) is 3.27. The summed E-state index contributed by atoms with van der Waals surface area (Å²) in [5.41, 5.74) is 17.8. The Balaban J connectivity index is 0.636. The molecule has 0 amide bonds. The molecule has 590 valence electrons. The predicted octanol–water partition coefficient (Wildman–Crippen LogP) is 23.4. The van der Waals surface area contributed by atoms with Crippen LogP contribution in [0.1, 0.15) is 95.9 Å². The normalized spacial score (nSPS) is 11.4. The number of anilines is 9. The summed E-state index contributed by atoms with van der Waals surface area (Å²) in [6.07, 6.45) is 23.2. The second-order valence-corrected chi connectivity index (χ2v) is 29.3. The maximum atomic E-state index is 12.1. The highest BCUT2D eigenvalue weighted by atomic mass is 16.5. The minimum Gasteiger partial charge on any atom is -0.494 e. The van der Waals surface area contributed by atoms with E-state index in [0.29, 0.717) is 54.9 Å². The van der Waals surface area contributed by atoms with E-state index >= 15 is 0 Å². The molecule has 16 nitrogen and oxygen atoms in total. The molecule has 119 heavy (non-hydrogen) atoms. The molecule has 15 aromatic rings. The number of aromatic nitrogens is 7. The Morgan fingerprint density at radius 3 is 0.773 bits per heavy atom. The molecule has 0 aliphatic rings. The van der Waals surface area contributed by atoms with Crippen LogP contribution >= 0.6 is 0 Å². The van der Waals surface area contributed by atoms with Crippen LogP contribution in [-0.2, 0) is 13.1 Å². The van der Waals surface area contributed by atoms with E-state index in [1.807, 2.05) is 72.8 Å². The molecule has 12 aromatic carbocycles. The lowest BCUT2D eigenvalue weighted by atomic mass is 10.1. The summed E-state index contributed by atoms with van der Waals surface area (Å²) in [5, 5.41) is 0. The number of nitrogens with one attached hydrogen (secondary N) is 2. The first-order chi connectivity index (χ1) is 58.4. The molecule has 0 saturated carbocycles. The molecule has 3 aromatic heterocycles. The zero-order valence-corrected chi connectivity index (χ0v) is 66.7. The van der Waals surface area contributed by atoms with E-state index in [4.69, 9.17) is 24.4 Å². The van der Waals surface area contributed by atoms with Gasteiger partial charge in [0, 0.05) is 104 Å². The summed E-state index contributed by atoms with van der Waals surface area (Å²) in [7, 11) is 0. The Kier molecular flexibility index (Phi) is 26.1. The van der Waals surface area contributed by atoms with E-state index in [9.17, 15) is 19.2 Å². The number of ether oxygens (including phenoxy) is 2. The zero-order valence-electron chi connectivity index (χ0n) is 66.7. The third-order valence-electron chi connectivity index (χ3n) is 20.8. The lowest BCUT2D eigenvalue weighted by Crippen LogP contribution is -2.30. The van der Waals surface area contributed by atoms with Crippen LogP contribution in [0.2, 0.25) is 0 Å². The third kappa shape index (κ3) is 21.0. The van der Waals surface area contributed by atoms with Crippen LogP contribution in [0.5, 0.6) is 11.5 Å². The molecule has 2 N–H and O–H groups in total. The van der Waals surface area contributed by atoms with Gasteiger partial charge in [-0.1, -0.05) is 244 Å². The van der Waals surface area contributed by atoms with Gasteiger partial charge in [-0.2, -0.15) is 0 Å². The molecule has 0 fully saturated rings. The van der Waals surface area contributed by atoms with Crippen molar-refractivity contribution < 1.29 is 9.47 Å². The number of hydrogen-bond donors (Lipinski definition) is 2. The van der Waals surface area contributed by atoms with Gasteiger partial charge < -0.3 is 33.3 Å². The van der Waals surface area contributed by atoms with Crippen molar-refractivity contribution in [1.29, 1.82) is 0 Å². The van der Waals surface area contributed by atoms with E-state index in [2.05, 4.69) is 304 Å². The number of benzene rings is 12. The van der Waals surface area contributed by atoms with E-state index in [0.717, 1.165) is 164 Å². The smallest absolute Gasteiger partial charge is 0.328 e. The number of aromatic amines is 2. The first kappa shape index (κ1) is 79.5. The highest BCUT2D eigenvalue weighted by Crippen LogP contribution is 2.42. The second kappa shape index (κ2) is 39.0. The highest BCUT2D eigenvalue weighted by Gasteiger charge is 2.20. The van der Waals surface area contributed by atoms with Crippen LogP contribution in [0.3, 0.4) is 0 Å². The molecule has 0 spiro atoms. The molecular weight excluding hydrogens is 1470 g/mol. The van der Waals surface area contributed by atoms with Crippen LogP contribution in [0, 0.1) is 13.8 Å². The Labute approximate surface area is 693 Å². The summed E-state index contributed by atoms with van der Waals surface area (Å²) in [4.78, 5) is 74.8. The number of nitrogens with zero attached hydrogens (tertiary/aromatic N) is 8. The van der Waals surface area contributed by atoms with Gasteiger partial charge in [-0.25, -0.2) is 24.5 Å². The number of H-pyrrole nitrogens is 2. The van der Waals surface area contributed by atoms with Gasteiger partial charge in [0.2, 0.25) is 0 Å². The molecule has 0 atom stereocenters. The average molecular weight is 1570 g/mol. The number of hydrogen-bond acceptors (Lipinski definition) is 12. The Morgan fingerprint density at radius 1 is 0.277 bits per heavy atom. The van der Waals surface area contributed by atoms with Crippen molar-refractivity contribution in [2.24, 2.45) is 0 Å². The van der Waals surface area contributed by atoms with Gasteiger partial charge in [0.15, 0.2) is 17.5 Å². The lowest BCUT2D eigenvalue weighted by molar-refractivity contribution is 0.304. The predicted molar refractivity (Wildman–Crippen MR) is 486 cm³/mol. The van der Waals surface area contributed by atoms with E-state index in [1.54, 1.807) is 35.4 Å². The number of aryl methyl sites for hydroxylation is 4.